The Morgan fingerprint density at radius 3 is 2.25 bits per heavy atom. The molecule has 8 heteroatoms. The predicted molar refractivity (Wildman–Crippen MR) is 140 cm³/mol. The number of hydrogen-bond acceptors (Lipinski definition) is 7. The number of thioether (sulfide) groups is 1. The van der Waals surface area contributed by atoms with Crippen molar-refractivity contribution in [3.63, 3.8) is 0 Å². The lowest BCUT2D eigenvalue weighted by Crippen LogP contribution is -2.32. The molecule has 1 heterocycles. The van der Waals surface area contributed by atoms with Gasteiger partial charge in [0.1, 0.15) is 16.4 Å². The number of carbonyl (C=O) groups is 3. The Labute approximate surface area is 214 Å². The summed E-state index contributed by atoms with van der Waals surface area (Å²) in [5.74, 6) is -0.679. The molecule has 36 heavy (non-hydrogen) atoms. The lowest BCUT2D eigenvalue weighted by Gasteiger charge is -2.16. The summed E-state index contributed by atoms with van der Waals surface area (Å²) >= 11 is 1.22. The first-order valence-corrected chi connectivity index (χ1v) is 12.4. The van der Waals surface area contributed by atoms with Crippen LogP contribution in [0, 0.1) is 0 Å². The van der Waals surface area contributed by atoms with E-state index in [1.165, 1.54) is 11.8 Å². The first-order valence-electron chi connectivity index (χ1n) is 11.6. The van der Waals surface area contributed by atoms with E-state index < -0.39 is 17.8 Å². The molecule has 184 valence electrons. The molecule has 4 rings (SSSR count). The van der Waals surface area contributed by atoms with Gasteiger partial charge in [0, 0.05) is 10.6 Å². The monoisotopic (exact) mass is 502 g/mol. The molecule has 3 aromatic rings. The molecule has 0 bridgehead atoms. The molecule has 0 atom stereocenters. The number of carbonyl (C=O) groups excluding carboxylic acids is 3. The molecule has 1 aliphatic rings. The van der Waals surface area contributed by atoms with Crippen LogP contribution in [-0.4, -0.2) is 31.5 Å². The smallest absolute Gasteiger partial charge is 0.338 e. The average Bonchev–Trinajstić information content (AvgIpc) is 3.13. The van der Waals surface area contributed by atoms with E-state index in [2.05, 4.69) is 5.32 Å². The number of amides is 2. The normalized spacial score (nSPS) is 13.2. The quantitative estimate of drug-likeness (QED) is 0.218. The maximum Gasteiger partial charge on any atom is 0.338 e. The number of unbranched alkanes of at least 4 members (excludes halogenated alkanes) is 1. The number of ether oxygens (including phenoxy) is 2. The fourth-order valence-corrected chi connectivity index (χ4v) is 4.46. The summed E-state index contributed by atoms with van der Waals surface area (Å²) in [6.07, 6.45) is 1.72. The molecule has 1 aliphatic heterocycles. The van der Waals surface area contributed by atoms with Gasteiger partial charge < -0.3 is 14.8 Å². The van der Waals surface area contributed by atoms with E-state index in [9.17, 15) is 14.4 Å². The summed E-state index contributed by atoms with van der Waals surface area (Å²) in [5, 5.41) is 3.12. The van der Waals surface area contributed by atoms with Crippen molar-refractivity contribution in [2.24, 2.45) is 0 Å². The molecular weight excluding hydrogens is 476 g/mol. The molecule has 7 nitrogen and oxygen atoms in total. The molecule has 0 fully saturated rings. The molecule has 2 amide bonds. The van der Waals surface area contributed by atoms with Crippen LogP contribution in [0.5, 0.6) is 5.75 Å². The highest BCUT2D eigenvalue weighted by atomic mass is 32.2. The first kappa shape index (κ1) is 25.1. The van der Waals surface area contributed by atoms with Crippen LogP contribution in [0.25, 0.3) is 0 Å². The van der Waals surface area contributed by atoms with Gasteiger partial charge in [0.2, 0.25) is 0 Å². The number of nitrogens with one attached hydrogen (secondary N) is 1. The minimum absolute atomic E-state index is 0.182. The lowest BCUT2D eigenvalue weighted by molar-refractivity contribution is -0.120. The summed E-state index contributed by atoms with van der Waals surface area (Å²) in [6, 6.07) is 22.7. The van der Waals surface area contributed by atoms with Gasteiger partial charge in [-0.3, -0.25) is 9.59 Å². The largest absolute Gasteiger partial charge is 0.497 e. The van der Waals surface area contributed by atoms with Crippen molar-refractivity contribution in [3.05, 3.63) is 95.0 Å². The van der Waals surface area contributed by atoms with Crippen molar-refractivity contribution in [1.29, 1.82) is 0 Å². The van der Waals surface area contributed by atoms with E-state index in [0.29, 0.717) is 29.3 Å². The Bertz CT molecular complexity index is 1270. The second-order valence-electron chi connectivity index (χ2n) is 7.95. The third-order valence-corrected chi connectivity index (χ3v) is 6.55. The van der Waals surface area contributed by atoms with Crippen LogP contribution in [0.3, 0.4) is 0 Å². The molecule has 3 aromatic carbocycles. The molecule has 0 aliphatic carbocycles. The molecule has 0 spiro atoms. The zero-order chi connectivity index (χ0) is 25.5. The molecular formula is C28H26N2O5S. The highest BCUT2D eigenvalue weighted by molar-refractivity contribution is 8.04. The molecule has 0 saturated carbocycles. The van der Waals surface area contributed by atoms with Gasteiger partial charge in [-0.2, -0.15) is 0 Å². The third-order valence-electron chi connectivity index (χ3n) is 5.46. The zero-order valence-corrected chi connectivity index (χ0v) is 20.8. The maximum atomic E-state index is 13.5. The number of hydrogen-bond donors (Lipinski definition) is 1. The van der Waals surface area contributed by atoms with Gasteiger partial charge in [-0.05, 0) is 67.1 Å². The number of nitrogens with zero attached hydrogens (tertiary/aromatic N) is 1. The predicted octanol–water partition coefficient (Wildman–Crippen LogP) is 5.64. The van der Waals surface area contributed by atoms with E-state index in [-0.39, 0.29) is 10.6 Å². The summed E-state index contributed by atoms with van der Waals surface area (Å²) in [4.78, 5) is 41.4. The molecule has 0 aromatic heterocycles. The van der Waals surface area contributed by atoms with E-state index >= 15 is 0 Å². The second-order valence-corrected chi connectivity index (χ2v) is 9.04. The van der Waals surface area contributed by atoms with Crippen molar-refractivity contribution in [2.45, 2.75) is 24.7 Å². The van der Waals surface area contributed by atoms with Gasteiger partial charge in [-0.25, -0.2) is 9.69 Å². The lowest BCUT2D eigenvalue weighted by atomic mass is 10.2. The van der Waals surface area contributed by atoms with Crippen LogP contribution >= 0.6 is 11.8 Å². The summed E-state index contributed by atoms with van der Waals surface area (Å²) in [6.45, 7) is 2.37. The number of rotatable bonds is 10. The Balaban J connectivity index is 1.61. The number of methoxy groups -OCH3 is 1. The number of benzene rings is 3. The fourth-order valence-electron chi connectivity index (χ4n) is 3.51. The number of imide groups is 1. The topological polar surface area (TPSA) is 84.9 Å². The van der Waals surface area contributed by atoms with Gasteiger partial charge in [0.15, 0.2) is 0 Å². The fraction of sp³-hybridized carbons (Fsp3) is 0.179. The van der Waals surface area contributed by atoms with Gasteiger partial charge in [-0.1, -0.05) is 43.3 Å². The Hall–Kier alpha value is -4.04. The second kappa shape index (κ2) is 11.6. The molecule has 0 unspecified atom stereocenters. The standard InChI is InChI=1S/C28H26N2O5S/c1-3-4-18-35-28(33)19-10-14-21(15-11-19)30-26(31)24(29-20-12-16-22(34-2)17-13-20)25(27(30)32)36-23-8-6-5-7-9-23/h5-17,29H,3-4,18H2,1-2H3. The Morgan fingerprint density at radius 2 is 1.61 bits per heavy atom. The average molecular weight is 503 g/mol. The summed E-state index contributed by atoms with van der Waals surface area (Å²) in [7, 11) is 1.58. The van der Waals surface area contributed by atoms with Gasteiger partial charge in [0.25, 0.3) is 11.8 Å². The Morgan fingerprint density at radius 1 is 0.917 bits per heavy atom. The number of anilines is 2. The zero-order valence-electron chi connectivity index (χ0n) is 20.0. The first-order chi connectivity index (χ1) is 17.5. The Kier molecular flexibility index (Phi) is 8.07. The van der Waals surface area contributed by atoms with Crippen LogP contribution in [0.1, 0.15) is 30.1 Å². The molecule has 1 N–H and O–H groups in total. The highest BCUT2D eigenvalue weighted by Gasteiger charge is 2.40. The van der Waals surface area contributed by atoms with Crippen molar-refractivity contribution < 1.29 is 23.9 Å². The minimum Gasteiger partial charge on any atom is -0.497 e. The van der Waals surface area contributed by atoms with E-state index in [4.69, 9.17) is 9.47 Å². The summed E-state index contributed by atoms with van der Waals surface area (Å²) in [5.41, 5.74) is 1.55. The van der Waals surface area contributed by atoms with E-state index in [1.807, 2.05) is 37.3 Å². The molecule has 0 radical (unpaired) electrons. The van der Waals surface area contributed by atoms with E-state index in [0.717, 1.165) is 22.6 Å². The molecule has 0 saturated heterocycles. The van der Waals surface area contributed by atoms with Crippen LogP contribution in [-0.2, 0) is 14.3 Å². The van der Waals surface area contributed by atoms with Gasteiger partial charge in [0.05, 0.1) is 25.0 Å². The van der Waals surface area contributed by atoms with E-state index in [1.54, 1.807) is 55.6 Å². The van der Waals surface area contributed by atoms with Gasteiger partial charge >= 0.3 is 5.97 Å². The van der Waals surface area contributed by atoms with Crippen molar-refractivity contribution >= 4 is 40.9 Å². The summed E-state index contributed by atoms with van der Waals surface area (Å²) < 4.78 is 10.4. The highest BCUT2D eigenvalue weighted by Crippen LogP contribution is 2.38. The van der Waals surface area contributed by atoms with Crippen LogP contribution < -0.4 is 15.0 Å². The third kappa shape index (κ3) is 5.60. The van der Waals surface area contributed by atoms with Crippen LogP contribution in [0.4, 0.5) is 11.4 Å². The van der Waals surface area contributed by atoms with Crippen molar-refractivity contribution in [1.82, 2.24) is 0 Å². The van der Waals surface area contributed by atoms with Crippen LogP contribution in [0.15, 0.2) is 94.4 Å². The van der Waals surface area contributed by atoms with Gasteiger partial charge in [-0.15, -0.1) is 0 Å². The van der Waals surface area contributed by atoms with Crippen LogP contribution in [0.2, 0.25) is 0 Å². The minimum atomic E-state index is -0.479. The number of esters is 1. The van der Waals surface area contributed by atoms with Crippen molar-refractivity contribution in [3.8, 4) is 5.75 Å². The van der Waals surface area contributed by atoms with Crippen molar-refractivity contribution in [2.75, 3.05) is 23.9 Å². The maximum absolute atomic E-state index is 13.5. The SMILES string of the molecule is CCCCOC(=O)c1ccc(N2C(=O)C(Nc3ccc(OC)cc3)=C(Sc3ccccc3)C2=O)cc1.